The first-order valence-corrected chi connectivity index (χ1v) is 7.30. The van der Waals surface area contributed by atoms with Gasteiger partial charge in [0.2, 0.25) is 0 Å². The molecule has 0 heterocycles. The molecule has 0 radical (unpaired) electrons. The van der Waals surface area contributed by atoms with Crippen LogP contribution in [0, 0.1) is 19.8 Å². The first-order valence-electron chi connectivity index (χ1n) is 7.30. The van der Waals surface area contributed by atoms with Gasteiger partial charge >= 0.3 is 0 Å². The van der Waals surface area contributed by atoms with Gasteiger partial charge in [0.1, 0.15) is 0 Å². The highest BCUT2D eigenvalue weighted by Gasteiger charge is 2.17. The van der Waals surface area contributed by atoms with Crippen molar-refractivity contribution in [3.8, 4) is 0 Å². The molecule has 0 aliphatic carbocycles. The van der Waals surface area contributed by atoms with Crippen LogP contribution >= 0.6 is 0 Å². The highest BCUT2D eigenvalue weighted by molar-refractivity contribution is 5.30. The van der Waals surface area contributed by atoms with E-state index in [0.29, 0.717) is 18.5 Å². The van der Waals surface area contributed by atoms with Gasteiger partial charge in [-0.15, -0.1) is 0 Å². The summed E-state index contributed by atoms with van der Waals surface area (Å²) in [5, 5.41) is 10.5. The number of aliphatic hydroxyl groups is 1. The Labute approximate surface area is 118 Å². The molecule has 1 N–H and O–H groups in total. The average molecular weight is 263 g/mol. The molecule has 0 aliphatic heterocycles. The summed E-state index contributed by atoms with van der Waals surface area (Å²) in [7, 11) is 0. The van der Waals surface area contributed by atoms with E-state index < -0.39 is 6.10 Å². The van der Waals surface area contributed by atoms with Crippen LogP contribution in [-0.4, -0.2) is 29.1 Å². The Kier molecular flexibility index (Phi) is 6.02. The van der Waals surface area contributed by atoms with Gasteiger partial charge < -0.3 is 5.11 Å². The van der Waals surface area contributed by atoms with Crippen molar-refractivity contribution in [1.82, 2.24) is 4.90 Å². The van der Waals surface area contributed by atoms with Gasteiger partial charge in [0, 0.05) is 19.1 Å². The lowest BCUT2D eigenvalue weighted by atomic mass is 10.0. The summed E-state index contributed by atoms with van der Waals surface area (Å²) >= 11 is 0. The standard InChI is InChI=1S/C17H29NO/c1-12(2)10-18(13(3)4)11-17(19)16-8-14(5)7-15(6)9-16/h7-9,12-13,17,19H,10-11H2,1-6H3. The maximum Gasteiger partial charge on any atom is 0.0917 e. The Morgan fingerprint density at radius 2 is 1.47 bits per heavy atom. The van der Waals surface area contributed by atoms with E-state index in [4.69, 9.17) is 0 Å². The number of hydrogen-bond donors (Lipinski definition) is 1. The van der Waals surface area contributed by atoms with E-state index in [9.17, 15) is 5.11 Å². The summed E-state index contributed by atoms with van der Waals surface area (Å²) in [5.74, 6) is 0.619. The van der Waals surface area contributed by atoms with Crippen molar-refractivity contribution in [2.24, 2.45) is 5.92 Å². The minimum Gasteiger partial charge on any atom is -0.387 e. The smallest absolute Gasteiger partial charge is 0.0917 e. The van der Waals surface area contributed by atoms with Gasteiger partial charge in [-0.2, -0.15) is 0 Å². The van der Waals surface area contributed by atoms with Gasteiger partial charge in [0.15, 0.2) is 0 Å². The quantitative estimate of drug-likeness (QED) is 0.846. The third kappa shape index (κ3) is 5.33. The second-order valence-electron chi connectivity index (χ2n) is 6.38. The summed E-state index contributed by atoms with van der Waals surface area (Å²) in [4.78, 5) is 2.35. The first-order chi connectivity index (χ1) is 8.79. The van der Waals surface area contributed by atoms with Crippen LogP contribution in [0.3, 0.4) is 0 Å². The third-order valence-corrected chi connectivity index (χ3v) is 3.37. The maximum atomic E-state index is 10.5. The minimum atomic E-state index is -0.403. The molecule has 0 bridgehead atoms. The first kappa shape index (κ1) is 16.2. The third-order valence-electron chi connectivity index (χ3n) is 3.37. The molecule has 1 rings (SSSR count). The Bertz CT molecular complexity index is 378. The highest BCUT2D eigenvalue weighted by atomic mass is 16.3. The van der Waals surface area contributed by atoms with E-state index in [1.807, 2.05) is 0 Å². The Morgan fingerprint density at radius 3 is 1.89 bits per heavy atom. The average Bonchev–Trinajstić information content (AvgIpc) is 2.25. The second kappa shape index (κ2) is 7.06. The van der Waals surface area contributed by atoms with Crippen LogP contribution in [0.5, 0.6) is 0 Å². The Morgan fingerprint density at radius 1 is 0.947 bits per heavy atom. The minimum absolute atomic E-state index is 0.403. The van der Waals surface area contributed by atoms with Crippen LogP contribution < -0.4 is 0 Å². The van der Waals surface area contributed by atoms with Gasteiger partial charge in [-0.1, -0.05) is 43.2 Å². The fraction of sp³-hybridized carbons (Fsp3) is 0.647. The van der Waals surface area contributed by atoms with Crippen LogP contribution in [0.25, 0.3) is 0 Å². The topological polar surface area (TPSA) is 23.5 Å². The van der Waals surface area contributed by atoms with E-state index in [0.717, 1.165) is 12.1 Å². The van der Waals surface area contributed by atoms with Crippen LogP contribution in [0.15, 0.2) is 18.2 Å². The molecule has 0 saturated carbocycles. The molecule has 108 valence electrons. The molecule has 0 saturated heterocycles. The van der Waals surface area contributed by atoms with Crippen LogP contribution in [0.4, 0.5) is 0 Å². The molecule has 1 unspecified atom stereocenters. The molecular weight excluding hydrogens is 234 g/mol. The van der Waals surface area contributed by atoms with E-state index in [2.05, 4.69) is 64.6 Å². The highest BCUT2D eigenvalue weighted by Crippen LogP contribution is 2.19. The van der Waals surface area contributed by atoms with Crippen molar-refractivity contribution in [2.45, 2.75) is 53.7 Å². The predicted molar refractivity (Wildman–Crippen MR) is 82.4 cm³/mol. The number of nitrogens with zero attached hydrogens (tertiary/aromatic N) is 1. The Hall–Kier alpha value is -0.860. The van der Waals surface area contributed by atoms with E-state index in [1.165, 1.54) is 11.1 Å². The van der Waals surface area contributed by atoms with Crippen molar-refractivity contribution < 1.29 is 5.11 Å². The van der Waals surface area contributed by atoms with E-state index in [1.54, 1.807) is 0 Å². The van der Waals surface area contributed by atoms with E-state index in [-0.39, 0.29) is 0 Å². The summed E-state index contributed by atoms with van der Waals surface area (Å²) in [6, 6.07) is 6.78. The molecule has 19 heavy (non-hydrogen) atoms. The molecule has 2 heteroatoms. The van der Waals surface area contributed by atoms with Crippen LogP contribution in [0.1, 0.15) is 50.5 Å². The molecule has 0 fully saturated rings. The zero-order valence-corrected chi connectivity index (χ0v) is 13.3. The summed E-state index contributed by atoms with van der Waals surface area (Å²) in [5.41, 5.74) is 3.47. The fourth-order valence-corrected chi connectivity index (χ4v) is 2.50. The molecule has 1 atom stereocenters. The zero-order chi connectivity index (χ0) is 14.6. The molecule has 0 spiro atoms. The number of aryl methyl sites for hydroxylation is 2. The SMILES string of the molecule is Cc1cc(C)cc(C(O)CN(CC(C)C)C(C)C)c1. The van der Waals surface area contributed by atoms with Crippen molar-refractivity contribution in [3.05, 3.63) is 34.9 Å². The van der Waals surface area contributed by atoms with Crippen LogP contribution in [-0.2, 0) is 0 Å². The fourth-order valence-electron chi connectivity index (χ4n) is 2.50. The normalized spacial score (nSPS) is 13.6. The monoisotopic (exact) mass is 263 g/mol. The van der Waals surface area contributed by atoms with Gasteiger partial charge in [-0.25, -0.2) is 0 Å². The molecular formula is C17H29NO. The second-order valence-corrected chi connectivity index (χ2v) is 6.38. The lowest BCUT2D eigenvalue weighted by Crippen LogP contribution is -2.37. The number of aliphatic hydroxyl groups excluding tert-OH is 1. The summed E-state index contributed by atoms with van der Waals surface area (Å²) < 4.78 is 0. The number of hydrogen-bond acceptors (Lipinski definition) is 2. The van der Waals surface area contributed by atoms with Crippen molar-refractivity contribution in [2.75, 3.05) is 13.1 Å². The molecule has 0 amide bonds. The summed E-state index contributed by atoms with van der Waals surface area (Å²) in [6.45, 7) is 14.7. The van der Waals surface area contributed by atoms with Gasteiger partial charge in [0.25, 0.3) is 0 Å². The van der Waals surface area contributed by atoms with Crippen molar-refractivity contribution >= 4 is 0 Å². The maximum absolute atomic E-state index is 10.5. The molecule has 1 aromatic rings. The van der Waals surface area contributed by atoms with Gasteiger partial charge in [0.05, 0.1) is 6.10 Å². The lowest BCUT2D eigenvalue weighted by molar-refractivity contribution is 0.0876. The molecule has 0 aliphatic rings. The molecule has 1 aromatic carbocycles. The molecule has 2 nitrogen and oxygen atoms in total. The predicted octanol–water partition coefficient (Wildman–Crippen LogP) is 3.70. The summed E-state index contributed by atoms with van der Waals surface area (Å²) in [6.07, 6.45) is -0.403. The number of benzene rings is 1. The number of rotatable bonds is 6. The Balaban J connectivity index is 2.78. The van der Waals surface area contributed by atoms with Gasteiger partial charge in [-0.05, 0) is 39.2 Å². The zero-order valence-electron chi connectivity index (χ0n) is 13.3. The largest absolute Gasteiger partial charge is 0.387 e. The molecule has 0 aromatic heterocycles. The van der Waals surface area contributed by atoms with Crippen LogP contribution in [0.2, 0.25) is 0 Å². The van der Waals surface area contributed by atoms with Crippen molar-refractivity contribution in [1.29, 1.82) is 0 Å². The van der Waals surface area contributed by atoms with Crippen molar-refractivity contribution in [3.63, 3.8) is 0 Å². The van der Waals surface area contributed by atoms with Gasteiger partial charge in [-0.3, -0.25) is 4.90 Å². The van der Waals surface area contributed by atoms with E-state index >= 15 is 0 Å². The lowest BCUT2D eigenvalue weighted by Gasteiger charge is -2.30.